The van der Waals surface area contributed by atoms with Crippen LogP contribution in [-0.2, 0) is 5.60 Å². The van der Waals surface area contributed by atoms with Gasteiger partial charge in [-0.1, -0.05) is 0 Å². The summed E-state index contributed by atoms with van der Waals surface area (Å²) < 4.78 is 10.5. The second-order valence-electron chi connectivity index (χ2n) is 4.89. The van der Waals surface area contributed by atoms with Crippen LogP contribution in [0.5, 0.6) is 5.75 Å². The molecule has 5 nitrogen and oxygen atoms in total. The van der Waals surface area contributed by atoms with Gasteiger partial charge in [-0.3, -0.25) is 4.79 Å². The Kier molecular flexibility index (Phi) is 4.65. The van der Waals surface area contributed by atoms with Crippen LogP contribution in [0.1, 0.15) is 30.0 Å². The van der Waals surface area contributed by atoms with E-state index < -0.39 is 5.60 Å². The summed E-state index contributed by atoms with van der Waals surface area (Å²) in [6.07, 6.45) is 1.48. The van der Waals surface area contributed by atoms with E-state index in [0.29, 0.717) is 17.9 Å². The fraction of sp³-hybridized carbons (Fsp3) is 0.312. The Morgan fingerprint density at radius 2 is 2.05 bits per heavy atom. The molecule has 1 heterocycles. The number of aliphatic hydroxyl groups is 1. The molecule has 1 atom stereocenters. The molecule has 112 valence electrons. The predicted octanol–water partition coefficient (Wildman–Crippen LogP) is 2.32. The molecule has 1 amide bonds. The van der Waals surface area contributed by atoms with Crippen LogP contribution in [0.2, 0.25) is 0 Å². The van der Waals surface area contributed by atoms with Crippen molar-refractivity contribution in [3.63, 3.8) is 0 Å². The van der Waals surface area contributed by atoms with Gasteiger partial charge in [0.2, 0.25) is 0 Å². The smallest absolute Gasteiger partial charge is 0.251 e. The maximum atomic E-state index is 12.0. The lowest BCUT2D eigenvalue weighted by Gasteiger charge is -2.21. The average Bonchev–Trinajstić information content (AvgIpc) is 3.01. The lowest BCUT2D eigenvalue weighted by atomic mass is 10.0. The Labute approximate surface area is 123 Å². The Morgan fingerprint density at radius 3 is 2.62 bits per heavy atom. The largest absolute Gasteiger partial charge is 0.494 e. The first-order valence-corrected chi connectivity index (χ1v) is 6.80. The minimum absolute atomic E-state index is 0.0621. The van der Waals surface area contributed by atoms with Gasteiger partial charge in [-0.15, -0.1) is 0 Å². The highest BCUT2D eigenvalue weighted by Gasteiger charge is 2.26. The Balaban J connectivity index is 1.95. The number of nitrogens with one attached hydrogen (secondary N) is 1. The number of amides is 1. The molecule has 0 aliphatic rings. The van der Waals surface area contributed by atoms with Crippen LogP contribution in [0, 0.1) is 0 Å². The summed E-state index contributed by atoms with van der Waals surface area (Å²) in [6, 6.07) is 10.2. The van der Waals surface area contributed by atoms with E-state index in [1.165, 1.54) is 6.26 Å². The third kappa shape index (κ3) is 3.86. The van der Waals surface area contributed by atoms with E-state index in [1.807, 2.05) is 6.92 Å². The predicted molar refractivity (Wildman–Crippen MR) is 78.2 cm³/mol. The highest BCUT2D eigenvalue weighted by molar-refractivity contribution is 5.94. The van der Waals surface area contributed by atoms with Crippen molar-refractivity contribution < 1.29 is 19.1 Å². The summed E-state index contributed by atoms with van der Waals surface area (Å²) in [5.74, 6) is 0.871. The first-order valence-electron chi connectivity index (χ1n) is 6.80. The molecule has 1 aromatic heterocycles. The molecule has 21 heavy (non-hydrogen) atoms. The van der Waals surface area contributed by atoms with Gasteiger partial charge in [0.15, 0.2) is 0 Å². The molecule has 0 radical (unpaired) electrons. The zero-order valence-corrected chi connectivity index (χ0v) is 12.1. The van der Waals surface area contributed by atoms with Crippen LogP contribution < -0.4 is 10.1 Å². The quantitative estimate of drug-likeness (QED) is 0.856. The molecule has 1 aromatic carbocycles. The molecule has 0 unspecified atom stereocenters. The molecule has 0 saturated carbocycles. The lowest BCUT2D eigenvalue weighted by Crippen LogP contribution is -2.38. The summed E-state index contributed by atoms with van der Waals surface area (Å²) >= 11 is 0. The van der Waals surface area contributed by atoms with Crippen molar-refractivity contribution in [1.29, 1.82) is 0 Å². The Bertz CT molecular complexity index is 573. The van der Waals surface area contributed by atoms with Crippen LogP contribution in [0.3, 0.4) is 0 Å². The maximum absolute atomic E-state index is 12.0. The van der Waals surface area contributed by atoms with Crippen LogP contribution in [0.4, 0.5) is 0 Å². The van der Waals surface area contributed by atoms with Gasteiger partial charge < -0.3 is 19.6 Å². The molecule has 2 N–H and O–H groups in total. The number of carbonyl (C=O) groups is 1. The van der Waals surface area contributed by atoms with Gasteiger partial charge in [0.05, 0.1) is 19.4 Å². The highest BCUT2D eigenvalue weighted by atomic mass is 16.5. The van der Waals surface area contributed by atoms with Crippen molar-refractivity contribution in [2.24, 2.45) is 0 Å². The van der Waals surface area contributed by atoms with Crippen LogP contribution in [0.25, 0.3) is 0 Å². The van der Waals surface area contributed by atoms with E-state index in [9.17, 15) is 9.90 Å². The number of hydrogen-bond acceptors (Lipinski definition) is 4. The topological polar surface area (TPSA) is 71.7 Å². The summed E-state index contributed by atoms with van der Waals surface area (Å²) in [6.45, 7) is 4.13. The normalized spacial score (nSPS) is 13.5. The molecule has 0 bridgehead atoms. The van der Waals surface area contributed by atoms with E-state index in [2.05, 4.69) is 5.32 Å². The number of furan rings is 1. The number of ether oxygens (including phenoxy) is 1. The Morgan fingerprint density at radius 1 is 1.33 bits per heavy atom. The van der Waals surface area contributed by atoms with Gasteiger partial charge in [-0.05, 0) is 50.2 Å². The molecule has 0 aliphatic carbocycles. The molecule has 0 fully saturated rings. The van der Waals surface area contributed by atoms with Gasteiger partial charge in [-0.25, -0.2) is 0 Å². The van der Waals surface area contributed by atoms with Gasteiger partial charge in [0.25, 0.3) is 5.91 Å². The first-order chi connectivity index (χ1) is 10.0. The lowest BCUT2D eigenvalue weighted by molar-refractivity contribution is 0.0330. The third-order valence-corrected chi connectivity index (χ3v) is 3.07. The van der Waals surface area contributed by atoms with E-state index in [1.54, 1.807) is 43.3 Å². The molecule has 2 aromatic rings. The molecular weight excluding hydrogens is 270 g/mol. The molecule has 2 rings (SSSR count). The van der Waals surface area contributed by atoms with Crippen molar-refractivity contribution in [2.75, 3.05) is 13.2 Å². The number of rotatable bonds is 6. The van der Waals surface area contributed by atoms with Crippen molar-refractivity contribution in [3.8, 4) is 5.75 Å². The van der Waals surface area contributed by atoms with E-state index in [4.69, 9.17) is 9.15 Å². The second kappa shape index (κ2) is 6.45. The molecule has 0 aliphatic heterocycles. The van der Waals surface area contributed by atoms with Gasteiger partial charge in [0.1, 0.15) is 17.1 Å². The van der Waals surface area contributed by atoms with E-state index in [0.717, 1.165) is 5.75 Å². The monoisotopic (exact) mass is 289 g/mol. The van der Waals surface area contributed by atoms with Crippen LogP contribution >= 0.6 is 0 Å². The molecule has 5 heteroatoms. The van der Waals surface area contributed by atoms with Crippen molar-refractivity contribution in [3.05, 3.63) is 54.0 Å². The summed E-state index contributed by atoms with van der Waals surface area (Å²) in [5, 5.41) is 12.9. The fourth-order valence-electron chi connectivity index (χ4n) is 1.90. The summed E-state index contributed by atoms with van der Waals surface area (Å²) in [4.78, 5) is 12.0. The fourth-order valence-corrected chi connectivity index (χ4v) is 1.90. The summed E-state index contributed by atoms with van der Waals surface area (Å²) in [7, 11) is 0. The zero-order chi connectivity index (χ0) is 15.3. The minimum Gasteiger partial charge on any atom is -0.494 e. The maximum Gasteiger partial charge on any atom is 0.251 e. The van der Waals surface area contributed by atoms with Crippen LogP contribution in [-0.4, -0.2) is 24.2 Å². The zero-order valence-electron chi connectivity index (χ0n) is 12.1. The molecule has 0 spiro atoms. The average molecular weight is 289 g/mol. The first kappa shape index (κ1) is 15.1. The second-order valence-corrected chi connectivity index (χ2v) is 4.89. The Hall–Kier alpha value is -2.27. The van der Waals surface area contributed by atoms with E-state index >= 15 is 0 Å². The number of hydrogen-bond donors (Lipinski definition) is 2. The van der Waals surface area contributed by atoms with Crippen molar-refractivity contribution in [2.45, 2.75) is 19.4 Å². The van der Waals surface area contributed by atoms with Crippen molar-refractivity contribution in [1.82, 2.24) is 5.32 Å². The highest BCUT2D eigenvalue weighted by Crippen LogP contribution is 2.20. The van der Waals surface area contributed by atoms with Gasteiger partial charge >= 0.3 is 0 Å². The summed E-state index contributed by atoms with van der Waals surface area (Å²) in [5.41, 5.74) is -0.738. The number of carbonyl (C=O) groups excluding carboxylic acids is 1. The molecular formula is C16H19NO4. The minimum atomic E-state index is -1.25. The van der Waals surface area contributed by atoms with Gasteiger partial charge in [-0.2, -0.15) is 0 Å². The van der Waals surface area contributed by atoms with Crippen molar-refractivity contribution >= 4 is 5.91 Å². The standard InChI is InChI=1S/C16H19NO4/c1-3-20-13-8-6-12(7-9-13)15(18)17-11-16(2,19)14-5-4-10-21-14/h4-10,19H,3,11H2,1-2H3,(H,17,18)/t16-/m1/s1. The van der Waals surface area contributed by atoms with E-state index in [-0.39, 0.29) is 12.5 Å². The van der Waals surface area contributed by atoms with Crippen LogP contribution in [0.15, 0.2) is 47.1 Å². The molecule has 0 saturated heterocycles. The third-order valence-electron chi connectivity index (χ3n) is 3.07. The SMILES string of the molecule is CCOc1ccc(C(=O)NC[C@@](C)(O)c2ccco2)cc1. The number of benzene rings is 1. The van der Waals surface area contributed by atoms with Gasteiger partial charge in [0, 0.05) is 5.56 Å².